The predicted molar refractivity (Wildman–Crippen MR) is 54.9 cm³/mol. The second-order valence-corrected chi connectivity index (χ2v) is 3.00. The number of phenolic OH excluding ortho intramolecular Hbond substituents is 1. The number of aromatic hydroxyl groups is 1. The molecule has 1 N–H and O–H groups in total. The molecule has 0 spiro atoms. The largest absolute Gasteiger partial charge is 0.504 e. The normalized spacial score (nSPS) is 10.1. The van der Waals surface area contributed by atoms with Gasteiger partial charge in [0.15, 0.2) is 11.5 Å². The lowest BCUT2D eigenvalue weighted by Crippen LogP contribution is -2.04. The van der Waals surface area contributed by atoms with E-state index in [1.165, 1.54) is 0 Å². The average molecular weight is 196 g/mol. The Hall–Kier alpha value is -1.22. The summed E-state index contributed by atoms with van der Waals surface area (Å²) >= 11 is 0. The van der Waals surface area contributed by atoms with Crippen molar-refractivity contribution in [3.63, 3.8) is 0 Å². The lowest BCUT2D eigenvalue weighted by molar-refractivity contribution is 0.144. The van der Waals surface area contributed by atoms with Crippen LogP contribution in [-0.2, 0) is 11.2 Å². The van der Waals surface area contributed by atoms with E-state index in [1.807, 2.05) is 13.0 Å². The molecule has 0 aliphatic heterocycles. The van der Waals surface area contributed by atoms with Crippen molar-refractivity contribution in [2.24, 2.45) is 0 Å². The van der Waals surface area contributed by atoms with Crippen LogP contribution in [0.25, 0.3) is 0 Å². The van der Waals surface area contributed by atoms with E-state index >= 15 is 0 Å². The Bertz CT molecular complexity index is 284. The van der Waals surface area contributed by atoms with E-state index in [-0.39, 0.29) is 5.75 Å². The van der Waals surface area contributed by atoms with Crippen LogP contribution in [0, 0.1) is 0 Å². The molecule has 1 aromatic rings. The maximum Gasteiger partial charge on any atom is 0.161 e. The summed E-state index contributed by atoms with van der Waals surface area (Å²) < 4.78 is 10.1. The van der Waals surface area contributed by atoms with Crippen molar-refractivity contribution in [2.45, 2.75) is 13.3 Å². The molecule has 0 aromatic heterocycles. The summed E-state index contributed by atoms with van der Waals surface area (Å²) in [5, 5.41) is 9.56. The summed E-state index contributed by atoms with van der Waals surface area (Å²) in [6.45, 7) is 3.02. The molecular weight excluding hydrogens is 180 g/mol. The van der Waals surface area contributed by atoms with Crippen LogP contribution in [0.3, 0.4) is 0 Å². The minimum absolute atomic E-state index is 0.195. The first-order valence-electron chi connectivity index (χ1n) is 4.71. The van der Waals surface area contributed by atoms with E-state index in [9.17, 15) is 5.11 Å². The van der Waals surface area contributed by atoms with Crippen molar-refractivity contribution in [2.75, 3.05) is 20.3 Å². The molecule has 0 saturated carbocycles. The minimum atomic E-state index is 0.195. The maximum atomic E-state index is 9.56. The maximum absolute atomic E-state index is 9.56. The van der Waals surface area contributed by atoms with Gasteiger partial charge in [0.25, 0.3) is 0 Å². The van der Waals surface area contributed by atoms with Crippen LogP contribution in [0.1, 0.15) is 12.5 Å². The molecule has 14 heavy (non-hydrogen) atoms. The molecule has 0 aliphatic rings. The topological polar surface area (TPSA) is 38.7 Å². The predicted octanol–water partition coefficient (Wildman–Crippen LogP) is 1.98. The highest BCUT2D eigenvalue weighted by Crippen LogP contribution is 2.26. The third-order valence-corrected chi connectivity index (χ3v) is 1.98. The summed E-state index contributed by atoms with van der Waals surface area (Å²) in [4.78, 5) is 0. The van der Waals surface area contributed by atoms with Crippen molar-refractivity contribution in [1.82, 2.24) is 0 Å². The van der Waals surface area contributed by atoms with Gasteiger partial charge in [-0.25, -0.2) is 0 Å². The van der Waals surface area contributed by atoms with Crippen molar-refractivity contribution in [3.05, 3.63) is 23.8 Å². The Kier molecular flexibility index (Phi) is 4.26. The molecule has 0 atom stereocenters. The fourth-order valence-corrected chi connectivity index (χ4v) is 1.14. The Morgan fingerprint density at radius 2 is 2.07 bits per heavy atom. The zero-order valence-electron chi connectivity index (χ0n) is 8.62. The molecule has 0 fully saturated rings. The van der Waals surface area contributed by atoms with Crippen molar-refractivity contribution < 1.29 is 14.6 Å². The quantitative estimate of drug-likeness (QED) is 0.732. The van der Waals surface area contributed by atoms with Gasteiger partial charge in [0.05, 0.1) is 6.61 Å². The fourth-order valence-electron chi connectivity index (χ4n) is 1.14. The molecule has 3 nitrogen and oxygen atoms in total. The molecule has 3 heteroatoms. The highest BCUT2D eigenvalue weighted by molar-refractivity contribution is 5.41. The van der Waals surface area contributed by atoms with Crippen molar-refractivity contribution in [3.8, 4) is 11.5 Å². The summed E-state index contributed by atoms with van der Waals surface area (Å²) in [6, 6.07) is 5.45. The number of phenols is 1. The number of ether oxygens (including phenoxy) is 2. The van der Waals surface area contributed by atoms with Crippen molar-refractivity contribution in [1.29, 1.82) is 0 Å². The number of benzene rings is 1. The number of methoxy groups -OCH3 is 1. The first-order valence-corrected chi connectivity index (χ1v) is 4.71. The molecule has 0 saturated heterocycles. The van der Waals surface area contributed by atoms with Crippen LogP contribution in [0.4, 0.5) is 0 Å². The molecule has 0 amide bonds. The molecule has 0 bridgehead atoms. The first-order chi connectivity index (χ1) is 6.77. The van der Waals surface area contributed by atoms with E-state index in [1.54, 1.807) is 19.2 Å². The van der Waals surface area contributed by atoms with E-state index in [0.717, 1.165) is 12.0 Å². The van der Waals surface area contributed by atoms with Crippen LogP contribution >= 0.6 is 0 Å². The van der Waals surface area contributed by atoms with Gasteiger partial charge in [-0.2, -0.15) is 0 Å². The van der Waals surface area contributed by atoms with E-state index in [2.05, 4.69) is 0 Å². The van der Waals surface area contributed by atoms with Gasteiger partial charge in [-0.1, -0.05) is 13.0 Å². The third kappa shape index (κ3) is 2.92. The smallest absolute Gasteiger partial charge is 0.161 e. The lowest BCUT2D eigenvalue weighted by Gasteiger charge is -2.08. The van der Waals surface area contributed by atoms with Crippen LogP contribution in [0.15, 0.2) is 18.2 Å². The third-order valence-electron chi connectivity index (χ3n) is 1.98. The van der Waals surface area contributed by atoms with Gasteiger partial charge in [0, 0.05) is 7.11 Å². The number of hydrogen-bond acceptors (Lipinski definition) is 3. The van der Waals surface area contributed by atoms with Gasteiger partial charge in [-0.3, -0.25) is 0 Å². The molecular formula is C11H16O3. The zero-order chi connectivity index (χ0) is 10.4. The number of rotatable bonds is 5. The zero-order valence-corrected chi connectivity index (χ0v) is 8.62. The number of aryl methyl sites for hydroxylation is 1. The van der Waals surface area contributed by atoms with E-state index in [0.29, 0.717) is 19.0 Å². The SMILES string of the molecule is CCc1ccc(OCCOC)c(O)c1. The minimum Gasteiger partial charge on any atom is -0.504 e. The van der Waals surface area contributed by atoms with Gasteiger partial charge >= 0.3 is 0 Å². The standard InChI is InChI=1S/C11H16O3/c1-3-9-4-5-11(10(12)8-9)14-7-6-13-2/h4-5,8,12H,3,6-7H2,1-2H3. The van der Waals surface area contributed by atoms with Gasteiger partial charge in [0.2, 0.25) is 0 Å². The van der Waals surface area contributed by atoms with E-state index in [4.69, 9.17) is 9.47 Å². The number of hydrogen-bond donors (Lipinski definition) is 1. The molecule has 0 heterocycles. The second-order valence-electron chi connectivity index (χ2n) is 3.00. The van der Waals surface area contributed by atoms with Gasteiger partial charge < -0.3 is 14.6 Å². The molecule has 78 valence electrons. The highest BCUT2D eigenvalue weighted by Gasteiger charge is 2.02. The monoisotopic (exact) mass is 196 g/mol. The molecule has 1 aromatic carbocycles. The Morgan fingerprint density at radius 1 is 1.29 bits per heavy atom. The van der Waals surface area contributed by atoms with Crippen LogP contribution < -0.4 is 4.74 Å². The Balaban J connectivity index is 2.59. The van der Waals surface area contributed by atoms with Gasteiger partial charge in [-0.15, -0.1) is 0 Å². The molecule has 0 aliphatic carbocycles. The molecule has 1 rings (SSSR count). The van der Waals surface area contributed by atoms with Crippen LogP contribution in [0.2, 0.25) is 0 Å². The van der Waals surface area contributed by atoms with Crippen LogP contribution in [-0.4, -0.2) is 25.4 Å². The molecule has 0 unspecified atom stereocenters. The Labute approximate surface area is 84.3 Å². The lowest BCUT2D eigenvalue weighted by atomic mass is 10.1. The fraction of sp³-hybridized carbons (Fsp3) is 0.455. The summed E-state index contributed by atoms with van der Waals surface area (Å²) in [5.74, 6) is 0.708. The summed E-state index contributed by atoms with van der Waals surface area (Å²) in [6.07, 6.45) is 0.909. The van der Waals surface area contributed by atoms with E-state index < -0.39 is 0 Å². The average Bonchev–Trinajstić information content (AvgIpc) is 2.20. The van der Waals surface area contributed by atoms with Crippen molar-refractivity contribution >= 4 is 0 Å². The molecule has 0 radical (unpaired) electrons. The highest BCUT2D eigenvalue weighted by atomic mass is 16.5. The Morgan fingerprint density at radius 3 is 2.64 bits per heavy atom. The second kappa shape index (κ2) is 5.50. The van der Waals surface area contributed by atoms with Gasteiger partial charge in [-0.05, 0) is 24.1 Å². The first kappa shape index (κ1) is 10.9. The summed E-state index contributed by atoms with van der Waals surface area (Å²) in [5.41, 5.74) is 1.10. The van der Waals surface area contributed by atoms with Gasteiger partial charge in [0.1, 0.15) is 6.61 Å². The van der Waals surface area contributed by atoms with Crippen LogP contribution in [0.5, 0.6) is 11.5 Å². The summed E-state index contributed by atoms with van der Waals surface area (Å²) in [7, 11) is 1.61.